The summed E-state index contributed by atoms with van der Waals surface area (Å²) in [5.74, 6) is 0.109. The average molecular weight is 357 g/mol. The van der Waals surface area contributed by atoms with Crippen molar-refractivity contribution in [2.75, 3.05) is 31.6 Å². The van der Waals surface area contributed by atoms with E-state index >= 15 is 0 Å². The number of morpholine rings is 1. The Bertz CT molecular complexity index is 748. The number of aromatic nitrogens is 2. The fourth-order valence-corrected chi connectivity index (χ4v) is 2.70. The van der Waals surface area contributed by atoms with Gasteiger partial charge in [0, 0.05) is 19.5 Å². The molecule has 0 radical (unpaired) electrons. The molecule has 1 fully saturated rings. The molecule has 1 aromatic carbocycles. The van der Waals surface area contributed by atoms with E-state index in [1.54, 1.807) is 4.90 Å². The van der Waals surface area contributed by atoms with Gasteiger partial charge in [0.1, 0.15) is 18.4 Å². The van der Waals surface area contributed by atoms with E-state index in [0.717, 1.165) is 18.0 Å². The zero-order valence-corrected chi connectivity index (χ0v) is 14.1. The molecule has 0 bridgehead atoms. The van der Waals surface area contributed by atoms with E-state index < -0.39 is 11.0 Å². The van der Waals surface area contributed by atoms with Crippen molar-refractivity contribution in [1.29, 1.82) is 0 Å². The molecule has 9 nitrogen and oxygen atoms in total. The average Bonchev–Trinajstić information content (AvgIpc) is 2.69. The third-order valence-electron chi connectivity index (χ3n) is 4.06. The summed E-state index contributed by atoms with van der Waals surface area (Å²) in [4.78, 5) is 32.7. The number of amides is 1. The van der Waals surface area contributed by atoms with Crippen LogP contribution < -0.4 is 5.32 Å². The van der Waals surface area contributed by atoms with Crippen LogP contribution in [0.1, 0.15) is 5.56 Å². The molecule has 26 heavy (non-hydrogen) atoms. The molecule has 136 valence electrons. The van der Waals surface area contributed by atoms with Crippen molar-refractivity contribution in [1.82, 2.24) is 14.9 Å². The second kappa shape index (κ2) is 8.34. The summed E-state index contributed by atoms with van der Waals surface area (Å²) in [6, 6.07) is 9.05. The number of nitrogens with one attached hydrogen (secondary N) is 1. The highest BCUT2D eigenvalue weighted by molar-refractivity contribution is 5.84. The van der Waals surface area contributed by atoms with Crippen LogP contribution in [0.5, 0.6) is 0 Å². The Balaban J connectivity index is 1.77. The van der Waals surface area contributed by atoms with E-state index in [1.165, 1.54) is 0 Å². The lowest BCUT2D eigenvalue weighted by molar-refractivity contribution is -0.385. The maximum absolute atomic E-state index is 12.9. The number of carbonyl (C=O) groups is 1. The number of carbonyl (C=O) groups excluding carboxylic acids is 1. The van der Waals surface area contributed by atoms with Gasteiger partial charge >= 0.3 is 5.69 Å². The summed E-state index contributed by atoms with van der Waals surface area (Å²) in [5, 5.41) is 13.7. The second-order valence-electron chi connectivity index (χ2n) is 5.85. The molecule has 1 atom stereocenters. The van der Waals surface area contributed by atoms with E-state index in [0.29, 0.717) is 32.7 Å². The van der Waals surface area contributed by atoms with Gasteiger partial charge in [0.05, 0.1) is 18.1 Å². The molecule has 1 N–H and O–H groups in total. The molecule has 2 aromatic rings. The minimum atomic E-state index is -0.572. The first kappa shape index (κ1) is 17.7. The lowest BCUT2D eigenvalue weighted by Gasteiger charge is -2.30. The van der Waals surface area contributed by atoms with E-state index in [4.69, 9.17) is 4.74 Å². The Morgan fingerprint density at radius 1 is 1.23 bits per heavy atom. The van der Waals surface area contributed by atoms with Crippen LogP contribution in [-0.2, 0) is 16.0 Å². The second-order valence-corrected chi connectivity index (χ2v) is 5.85. The van der Waals surface area contributed by atoms with Crippen molar-refractivity contribution in [3.05, 3.63) is 58.4 Å². The van der Waals surface area contributed by atoms with Gasteiger partial charge in [-0.15, -0.1) is 0 Å². The summed E-state index contributed by atoms with van der Waals surface area (Å²) < 4.78 is 5.30. The number of benzene rings is 1. The minimum absolute atomic E-state index is 0.0703. The van der Waals surface area contributed by atoms with Crippen molar-refractivity contribution >= 4 is 17.5 Å². The van der Waals surface area contributed by atoms with Crippen LogP contribution >= 0.6 is 0 Å². The van der Waals surface area contributed by atoms with Gasteiger partial charge in [-0.05, 0) is 5.56 Å². The van der Waals surface area contributed by atoms with Crippen LogP contribution in [0.3, 0.4) is 0 Å². The zero-order valence-electron chi connectivity index (χ0n) is 14.1. The number of rotatable bonds is 6. The molecule has 2 heterocycles. The lowest BCUT2D eigenvalue weighted by Crippen LogP contribution is -2.49. The van der Waals surface area contributed by atoms with Crippen LogP contribution in [0.25, 0.3) is 0 Å². The summed E-state index contributed by atoms with van der Waals surface area (Å²) in [6.07, 6.45) is 2.69. The maximum Gasteiger partial charge on any atom is 0.305 e. The van der Waals surface area contributed by atoms with Gasteiger partial charge in [0.15, 0.2) is 0 Å². The number of hydrogen-bond acceptors (Lipinski definition) is 7. The lowest BCUT2D eigenvalue weighted by atomic mass is 10.0. The first-order valence-electron chi connectivity index (χ1n) is 8.27. The van der Waals surface area contributed by atoms with Gasteiger partial charge in [-0.2, -0.15) is 0 Å². The van der Waals surface area contributed by atoms with Crippen molar-refractivity contribution in [3.63, 3.8) is 0 Å². The van der Waals surface area contributed by atoms with Crippen LogP contribution in [0.15, 0.2) is 42.7 Å². The van der Waals surface area contributed by atoms with Crippen LogP contribution in [-0.4, -0.2) is 58.0 Å². The Kier molecular flexibility index (Phi) is 5.69. The number of ether oxygens (including phenoxy) is 1. The van der Waals surface area contributed by atoms with Crippen LogP contribution in [0, 0.1) is 10.1 Å². The molecular formula is C17H19N5O4. The topological polar surface area (TPSA) is 110 Å². The zero-order chi connectivity index (χ0) is 18.4. The van der Waals surface area contributed by atoms with Crippen molar-refractivity contribution in [2.45, 2.75) is 12.5 Å². The third kappa shape index (κ3) is 4.51. The van der Waals surface area contributed by atoms with Gasteiger partial charge in [-0.25, -0.2) is 9.97 Å². The van der Waals surface area contributed by atoms with E-state index in [2.05, 4.69) is 15.3 Å². The van der Waals surface area contributed by atoms with Gasteiger partial charge in [-0.3, -0.25) is 14.9 Å². The number of nitro groups is 1. The minimum Gasteiger partial charge on any atom is -0.378 e. The Labute approximate surface area is 150 Å². The SMILES string of the molecule is O=C(C(Cc1ccccc1)Nc1ncc([N+](=O)[O-])cn1)N1CCOCC1. The summed E-state index contributed by atoms with van der Waals surface area (Å²) in [5.41, 5.74) is 0.795. The fourth-order valence-electron chi connectivity index (χ4n) is 2.70. The Hall–Kier alpha value is -3.07. The summed E-state index contributed by atoms with van der Waals surface area (Å²) in [7, 11) is 0. The van der Waals surface area contributed by atoms with Gasteiger partial charge in [0.25, 0.3) is 0 Å². The quantitative estimate of drug-likeness (QED) is 0.612. The van der Waals surface area contributed by atoms with E-state index in [1.807, 2.05) is 30.3 Å². The summed E-state index contributed by atoms with van der Waals surface area (Å²) >= 11 is 0. The first-order valence-corrected chi connectivity index (χ1v) is 8.27. The molecule has 1 aliphatic heterocycles. The summed E-state index contributed by atoms with van der Waals surface area (Å²) in [6.45, 7) is 2.09. The Morgan fingerprint density at radius 3 is 2.50 bits per heavy atom. The molecule has 9 heteroatoms. The van der Waals surface area contributed by atoms with Crippen LogP contribution in [0.4, 0.5) is 11.6 Å². The smallest absolute Gasteiger partial charge is 0.305 e. The van der Waals surface area contributed by atoms with Crippen molar-refractivity contribution < 1.29 is 14.5 Å². The van der Waals surface area contributed by atoms with Gasteiger partial charge in [0.2, 0.25) is 11.9 Å². The predicted octanol–water partition coefficient (Wildman–Crippen LogP) is 1.27. The monoisotopic (exact) mass is 357 g/mol. The first-order chi connectivity index (χ1) is 12.6. The molecule has 0 spiro atoms. The highest BCUT2D eigenvalue weighted by atomic mass is 16.6. The molecule has 1 aliphatic rings. The third-order valence-corrected chi connectivity index (χ3v) is 4.06. The standard InChI is InChI=1S/C17H19N5O4/c23-16(21-6-8-26-9-7-21)15(10-13-4-2-1-3-5-13)20-17-18-11-14(12-19-17)22(24)25/h1-5,11-12,15H,6-10H2,(H,18,19,20). The highest BCUT2D eigenvalue weighted by Crippen LogP contribution is 2.13. The van der Waals surface area contributed by atoms with Gasteiger partial charge in [-0.1, -0.05) is 30.3 Å². The molecule has 3 rings (SSSR count). The van der Waals surface area contributed by atoms with Crippen molar-refractivity contribution in [2.24, 2.45) is 0 Å². The maximum atomic E-state index is 12.9. The van der Waals surface area contributed by atoms with Crippen LogP contribution in [0.2, 0.25) is 0 Å². The molecule has 1 amide bonds. The fraction of sp³-hybridized carbons (Fsp3) is 0.353. The number of hydrogen-bond donors (Lipinski definition) is 1. The largest absolute Gasteiger partial charge is 0.378 e. The molecule has 0 saturated carbocycles. The number of anilines is 1. The molecule has 1 unspecified atom stereocenters. The number of nitrogens with zero attached hydrogens (tertiary/aromatic N) is 4. The molecule has 0 aliphatic carbocycles. The molecule has 1 aromatic heterocycles. The Morgan fingerprint density at radius 2 is 1.88 bits per heavy atom. The van der Waals surface area contributed by atoms with Gasteiger partial charge < -0.3 is 15.0 Å². The molecule has 1 saturated heterocycles. The molecular weight excluding hydrogens is 338 g/mol. The normalized spacial score (nSPS) is 15.3. The van der Waals surface area contributed by atoms with Crippen molar-refractivity contribution in [3.8, 4) is 0 Å². The highest BCUT2D eigenvalue weighted by Gasteiger charge is 2.27. The van der Waals surface area contributed by atoms with E-state index in [9.17, 15) is 14.9 Å². The van der Waals surface area contributed by atoms with E-state index in [-0.39, 0.29) is 17.5 Å². The predicted molar refractivity (Wildman–Crippen MR) is 93.6 cm³/mol.